The second-order valence-electron chi connectivity index (χ2n) is 4.09. The minimum atomic E-state index is -0.957. The highest BCUT2D eigenvalue weighted by Gasteiger charge is 2.20. The number of amides is 1. The fraction of sp³-hybridized carbons (Fsp3) is 0.333. The van der Waals surface area contributed by atoms with Crippen LogP contribution in [0.2, 0.25) is 0 Å². The molecule has 1 aromatic rings. The molecular formula is C12H14INO4. The molecule has 0 saturated carbocycles. The fourth-order valence-electron chi connectivity index (χ4n) is 1.46. The summed E-state index contributed by atoms with van der Waals surface area (Å²) in [4.78, 5) is 24.1. The van der Waals surface area contributed by atoms with E-state index in [4.69, 9.17) is 5.11 Å². The first-order valence-corrected chi connectivity index (χ1v) is 6.37. The lowest BCUT2D eigenvalue weighted by Gasteiger charge is -2.20. The third kappa shape index (κ3) is 3.59. The van der Waals surface area contributed by atoms with Crippen LogP contribution in [0.15, 0.2) is 18.2 Å². The molecule has 0 saturated heterocycles. The average Bonchev–Trinajstić information content (AvgIpc) is 2.31. The van der Waals surface area contributed by atoms with Crippen LogP contribution >= 0.6 is 22.6 Å². The molecule has 1 rings (SSSR count). The molecule has 0 spiro atoms. The molecule has 0 bridgehead atoms. The van der Waals surface area contributed by atoms with E-state index in [1.54, 1.807) is 12.1 Å². The third-order valence-corrected chi connectivity index (χ3v) is 3.18. The van der Waals surface area contributed by atoms with E-state index in [0.717, 1.165) is 3.57 Å². The first-order valence-electron chi connectivity index (χ1n) is 5.29. The largest absolute Gasteiger partial charge is 0.507 e. The maximum absolute atomic E-state index is 12.0. The van der Waals surface area contributed by atoms with Gasteiger partial charge in [0.05, 0.1) is 11.5 Å². The number of rotatable bonds is 4. The highest BCUT2D eigenvalue weighted by atomic mass is 127. The molecule has 98 valence electrons. The highest BCUT2D eigenvalue weighted by Crippen LogP contribution is 2.21. The number of phenolic OH excluding ortho intramolecular Hbond substituents is 1. The Bertz CT molecular complexity index is 475. The van der Waals surface area contributed by atoms with Crippen molar-refractivity contribution in [3.63, 3.8) is 0 Å². The van der Waals surface area contributed by atoms with Gasteiger partial charge < -0.3 is 15.1 Å². The first-order chi connectivity index (χ1) is 8.32. The number of carboxylic acid groups (broad SMARTS) is 1. The summed E-state index contributed by atoms with van der Waals surface area (Å²) in [6.07, 6.45) is 0. The summed E-state index contributed by atoms with van der Waals surface area (Å²) in [5.74, 6) is -2.10. The van der Waals surface area contributed by atoms with Crippen molar-refractivity contribution in [3.8, 4) is 5.75 Å². The van der Waals surface area contributed by atoms with Gasteiger partial charge in [0.2, 0.25) is 0 Å². The zero-order chi connectivity index (χ0) is 13.9. The summed E-state index contributed by atoms with van der Waals surface area (Å²) in [5, 5.41) is 18.4. The third-order valence-electron chi connectivity index (χ3n) is 2.50. The summed E-state index contributed by atoms with van der Waals surface area (Å²) < 4.78 is 0.827. The van der Waals surface area contributed by atoms with Crippen LogP contribution in [0.3, 0.4) is 0 Å². The first kappa shape index (κ1) is 14.7. The van der Waals surface area contributed by atoms with Crippen LogP contribution in [0.25, 0.3) is 0 Å². The molecular weight excluding hydrogens is 349 g/mol. The van der Waals surface area contributed by atoms with Crippen molar-refractivity contribution in [2.45, 2.75) is 6.92 Å². The van der Waals surface area contributed by atoms with Crippen molar-refractivity contribution in [1.82, 2.24) is 4.90 Å². The van der Waals surface area contributed by atoms with E-state index in [1.807, 2.05) is 22.6 Å². The number of hydrogen-bond acceptors (Lipinski definition) is 3. The van der Waals surface area contributed by atoms with Gasteiger partial charge in [-0.25, -0.2) is 0 Å². The predicted molar refractivity (Wildman–Crippen MR) is 74.6 cm³/mol. The van der Waals surface area contributed by atoms with E-state index in [1.165, 1.54) is 24.9 Å². The van der Waals surface area contributed by atoms with E-state index in [0.29, 0.717) is 0 Å². The van der Waals surface area contributed by atoms with Gasteiger partial charge in [0.1, 0.15) is 5.75 Å². The summed E-state index contributed by atoms with van der Waals surface area (Å²) in [5.41, 5.74) is 0.182. The minimum absolute atomic E-state index is 0.0963. The smallest absolute Gasteiger partial charge is 0.308 e. The average molecular weight is 363 g/mol. The van der Waals surface area contributed by atoms with Crippen molar-refractivity contribution in [3.05, 3.63) is 27.3 Å². The van der Waals surface area contributed by atoms with Crippen molar-refractivity contribution >= 4 is 34.5 Å². The Labute approximate surface area is 119 Å². The highest BCUT2D eigenvalue weighted by molar-refractivity contribution is 14.1. The number of hydrogen-bond donors (Lipinski definition) is 2. The number of phenols is 1. The lowest BCUT2D eigenvalue weighted by atomic mass is 10.1. The SMILES string of the molecule is CC(CN(C)C(=O)c1cc(I)ccc1O)C(=O)O. The fourth-order valence-corrected chi connectivity index (χ4v) is 1.95. The second-order valence-corrected chi connectivity index (χ2v) is 5.33. The maximum Gasteiger partial charge on any atom is 0.308 e. The quantitative estimate of drug-likeness (QED) is 0.800. The van der Waals surface area contributed by atoms with Crippen LogP contribution in [-0.4, -0.2) is 40.6 Å². The summed E-state index contributed by atoms with van der Waals surface area (Å²) in [7, 11) is 1.51. The van der Waals surface area contributed by atoms with Crippen molar-refractivity contribution in [1.29, 1.82) is 0 Å². The van der Waals surface area contributed by atoms with E-state index >= 15 is 0 Å². The molecule has 2 N–H and O–H groups in total. The Morgan fingerprint density at radius 1 is 1.44 bits per heavy atom. The number of carbonyl (C=O) groups is 2. The van der Waals surface area contributed by atoms with Gasteiger partial charge >= 0.3 is 5.97 Å². The molecule has 0 radical (unpaired) electrons. The molecule has 5 nitrogen and oxygen atoms in total. The van der Waals surface area contributed by atoms with Gasteiger partial charge in [0.15, 0.2) is 0 Å². The van der Waals surface area contributed by atoms with Gasteiger partial charge in [-0.3, -0.25) is 9.59 Å². The zero-order valence-corrected chi connectivity index (χ0v) is 12.2. The summed E-state index contributed by atoms with van der Waals surface area (Å²) >= 11 is 2.04. The van der Waals surface area contributed by atoms with Crippen LogP contribution < -0.4 is 0 Å². The van der Waals surface area contributed by atoms with E-state index < -0.39 is 11.9 Å². The molecule has 0 aliphatic rings. The molecule has 0 fully saturated rings. The number of benzene rings is 1. The zero-order valence-electron chi connectivity index (χ0n) is 10.1. The van der Waals surface area contributed by atoms with Crippen LogP contribution in [0.5, 0.6) is 5.75 Å². The topological polar surface area (TPSA) is 77.8 Å². The Kier molecular flexibility index (Phi) is 4.94. The Hall–Kier alpha value is -1.31. The molecule has 1 amide bonds. The van der Waals surface area contributed by atoms with Crippen LogP contribution in [0.4, 0.5) is 0 Å². The molecule has 0 heterocycles. The van der Waals surface area contributed by atoms with Gasteiger partial charge in [-0.2, -0.15) is 0 Å². The number of nitrogens with zero attached hydrogens (tertiary/aromatic N) is 1. The molecule has 1 unspecified atom stereocenters. The van der Waals surface area contributed by atoms with E-state index in [2.05, 4.69) is 0 Å². The van der Waals surface area contributed by atoms with Crippen molar-refractivity contribution in [2.75, 3.05) is 13.6 Å². The molecule has 6 heteroatoms. The number of carboxylic acids is 1. The van der Waals surface area contributed by atoms with E-state index in [-0.39, 0.29) is 23.8 Å². The van der Waals surface area contributed by atoms with Crippen molar-refractivity contribution < 1.29 is 19.8 Å². The number of aromatic hydroxyl groups is 1. The van der Waals surface area contributed by atoms with Crippen molar-refractivity contribution in [2.24, 2.45) is 5.92 Å². The molecule has 1 aromatic carbocycles. The Morgan fingerprint density at radius 2 is 2.06 bits per heavy atom. The monoisotopic (exact) mass is 363 g/mol. The normalized spacial score (nSPS) is 11.9. The standard InChI is InChI=1S/C12H14INO4/c1-7(12(17)18)6-14(2)11(16)9-5-8(13)3-4-10(9)15/h3-5,7,15H,6H2,1-2H3,(H,17,18). The molecule has 18 heavy (non-hydrogen) atoms. The number of carbonyl (C=O) groups excluding carboxylic acids is 1. The Balaban J connectivity index is 2.86. The van der Waals surface area contributed by atoms with Crippen LogP contribution in [0.1, 0.15) is 17.3 Å². The Morgan fingerprint density at radius 3 is 2.61 bits per heavy atom. The van der Waals surface area contributed by atoms with E-state index in [9.17, 15) is 14.7 Å². The minimum Gasteiger partial charge on any atom is -0.507 e. The summed E-state index contributed by atoms with van der Waals surface area (Å²) in [6, 6.07) is 4.70. The molecule has 0 aromatic heterocycles. The van der Waals surface area contributed by atoms with Crippen LogP contribution in [0, 0.1) is 9.49 Å². The predicted octanol–water partition coefficient (Wildman–Crippen LogP) is 1.79. The van der Waals surface area contributed by atoms with Gasteiger partial charge in [-0.15, -0.1) is 0 Å². The summed E-state index contributed by atoms with van der Waals surface area (Å²) in [6.45, 7) is 1.62. The lowest BCUT2D eigenvalue weighted by molar-refractivity contribution is -0.141. The lowest BCUT2D eigenvalue weighted by Crippen LogP contribution is -2.33. The molecule has 0 aliphatic heterocycles. The molecule has 0 aliphatic carbocycles. The van der Waals surface area contributed by atoms with Crippen LogP contribution in [-0.2, 0) is 4.79 Å². The second kappa shape index (κ2) is 6.03. The number of halogens is 1. The number of aliphatic carboxylic acids is 1. The van der Waals surface area contributed by atoms with Gasteiger partial charge in [-0.1, -0.05) is 6.92 Å². The van der Waals surface area contributed by atoms with Gasteiger partial charge in [-0.05, 0) is 40.8 Å². The van der Waals surface area contributed by atoms with Gasteiger partial charge in [0.25, 0.3) is 5.91 Å². The maximum atomic E-state index is 12.0. The van der Waals surface area contributed by atoms with Gasteiger partial charge in [0, 0.05) is 17.2 Å². The molecule has 1 atom stereocenters.